The van der Waals surface area contributed by atoms with Crippen LogP contribution in [-0.4, -0.2) is 56.7 Å². The Kier molecular flexibility index (Phi) is 5.78. The van der Waals surface area contributed by atoms with Gasteiger partial charge in [-0.05, 0) is 38.5 Å². The Balaban J connectivity index is 0.00000208. The summed E-state index contributed by atoms with van der Waals surface area (Å²) in [5, 5.41) is 3.35. The highest BCUT2D eigenvalue weighted by molar-refractivity contribution is 7.93. The number of amides is 1. The van der Waals surface area contributed by atoms with Crippen LogP contribution in [0.25, 0.3) is 0 Å². The molecule has 2 aliphatic heterocycles. The van der Waals surface area contributed by atoms with Crippen molar-refractivity contribution in [3.63, 3.8) is 0 Å². The van der Waals surface area contributed by atoms with E-state index in [0.717, 1.165) is 6.54 Å². The van der Waals surface area contributed by atoms with E-state index in [1.807, 2.05) is 11.8 Å². The number of nitrogens with zero attached hydrogens (tertiary/aromatic N) is 2. The van der Waals surface area contributed by atoms with E-state index in [1.165, 1.54) is 4.31 Å². The van der Waals surface area contributed by atoms with Gasteiger partial charge in [0.2, 0.25) is 10.0 Å². The average molecular weight is 374 g/mol. The van der Waals surface area contributed by atoms with Crippen molar-refractivity contribution in [2.24, 2.45) is 0 Å². The van der Waals surface area contributed by atoms with Crippen molar-refractivity contribution >= 4 is 34.0 Å². The molecule has 2 saturated heterocycles. The van der Waals surface area contributed by atoms with Gasteiger partial charge in [0.15, 0.2) is 0 Å². The lowest BCUT2D eigenvalue weighted by atomic mass is 10.0. The molecule has 6 nitrogen and oxygen atoms in total. The first-order valence-electron chi connectivity index (χ1n) is 8.05. The van der Waals surface area contributed by atoms with E-state index in [4.69, 9.17) is 0 Å². The number of halogens is 1. The van der Waals surface area contributed by atoms with Crippen molar-refractivity contribution in [1.29, 1.82) is 0 Å². The van der Waals surface area contributed by atoms with Crippen LogP contribution in [-0.2, 0) is 10.0 Å². The van der Waals surface area contributed by atoms with Gasteiger partial charge in [-0.3, -0.25) is 9.10 Å². The fourth-order valence-corrected chi connectivity index (χ4v) is 4.79. The Hall–Kier alpha value is -1.31. The summed E-state index contributed by atoms with van der Waals surface area (Å²) in [4.78, 5) is 14.7. The number of piperazine rings is 1. The largest absolute Gasteiger partial charge is 0.333 e. The fourth-order valence-electron chi connectivity index (χ4n) is 3.23. The monoisotopic (exact) mass is 373 g/mol. The Morgan fingerprint density at radius 3 is 2.67 bits per heavy atom. The lowest BCUT2D eigenvalue weighted by molar-refractivity contribution is 0.0603. The van der Waals surface area contributed by atoms with E-state index < -0.39 is 10.0 Å². The Bertz CT molecular complexity index is 710. The zero-order valence-electron chi connectivity index (χ0n) is 13.9. The smallest absolute Gasteiger partial charge is 0.254 e. The summed E-state index contributed by atoms with van der Waals surface area (Å²) < 4.78 is 25.5. The van der Waals surface area contributed by atoms with Gasteiger partial charge < -0.3 is 10.2 Å². The van der Waals surface area contributed by atoms with Gasteiger partial charge in [-0.2, -0.15) is 0 Å². The number of benzene rings is 1. The summed E-state index contributed by atoms with van der Waals surface area (Å²) in [7, 11) is -3.23. The maximum absolute atomic E-state index is 12.8. The molecule has 2 atom stereocenters. The lowest BCUT2D eigenvalue weighted by Crippen LogP contribution is -2.57. The van der Waals surface area contributed by atoms with Gasteiger partial charge in [0.1, 0.15) is 0 Å². The molecule has 2 aliphatic rings. The SMILES string of the molecule is CC1NCCN(C(=O)c2cccc(N3CCCS3(=O)=O)c2)C1C.Cl. The highest BCUT2D eigenvalue weighted by Gasteiger charge is 2.31. The molecule has 3 rings (SSSR count). The molecule has 2 unspecified atom stereocenters. The Morgan fingerprint density at radius 2 is 2.00 bits per heavy atom. The van der Waals surface area contributed by atoms with Crippen LogP contribution in [0.3, 0.4) is 0 Å². The van der Waals surface area contributed by atoms with Gasteiger partial charge in [-0.1, -0.05) is 6.07 Å². The molecule has 1 aromatic rings. The fraction of sp³-hybridized carbons (Fsp3) is 0.562. The molecule has 24 heavy (non-hydrogen) atoms. The van der Waals surface area contributed by atoms with Crippen molar-refractivity contribution in [2.75, 3.05) is 29.7 Å². The van der Waals surface area contributed by atoms with Gasteiger partial charge in [0, 0.05) is 37.3 Å². The van der Waals surface area contributed by atoms with E-state index in [-0.39, 0.29) is 36.2 Å². The maximum Gasteiger partial charge on any atom is 0.254 e. The zero-order chi connectivity index (χ0) is 16.6. The van der Waals surface area contributed by atoms with Crippen LogP contribution in [0.15, 0.2) is 24.3 Å². The number of carbonyl (C=O) groups excluding carboxylic acids is 1. The van der Waals surface area contributed by atoms with E-state index in [2.05, 4.69) is 12.2 Å². The third kappa shape index (κ3) is 3.53. The van der Waals surface area contributed by atoms with Crippen LogP contribution in [0.5, 0.6) is 0 Å². The molecule has 1 aromatic carbocycles. The first kappa shape index (κ1) is 19.0. The molecule has 1 N–H and O–H groups in total. The number of hydrogen-bond donors (Lipinski definition) is 1. The first-order valence-corrected chi connectivity index (χ1v) is 9.66. The van der Waals surface area contributed by atoms with Crippen LogP contribution >= 0.6 is 12.4 Å². The summed E-state index contributed by atoms with van der Waals surface area (Å²) in [6.07, 6.45) is 0.632. The summed E-state index contributed by atoms with van der Waals surface area (Å²) in [6, 6.07) is 7.32. The van der Waals surface area contributed by atoms with Gasteiger partial charge in [-0.15, -0.1) is 12.4 Å². The minimum absolute atomic E-state index is 0. The van der Waals surface area contributed by atoms with Crippen LogP contribution in [0.1, 0.15) is 30.6 Å². The van der Waals surface area contributed by atoms with Crippen LogP contribution in [0.2, 0.25) is 0 Å². The maximum atomic E-state index is 12.8. The summed E-state index contributed by atoms with van der Waals surface area (Å²) in [5.74, 6) is 0.140. The number of carbonyl (C=O) groups is 1. The molecule has 8 heteroatoms. The molecule has 0 spiro atoms. The minimum Gasteiger partial charge on any atom is -0.333 e. The number of rotatable bonds is 2. The molecule has 0 radical (unpaired) electrons. The van der Waals surface area contributed by atoms with Crippen molar-refractivity contribution in [3.8, 4) is 0 Å². The lowest BCUT2D eigenvalue weighted by Gasteiger charge is -2.38. The minimum atomic E-state index is -3.23. The van der Waals surface area contributed by atoms with Crippen LogP contribution in [0, 0.1) is 0 Å². The molecular formula is C16H24ClN3O3S. The molecule has 134 valence electrons. The molecule has 2 heterocycles. The molecular weight excluding hydrogens is 350 g/mol. The standard InChI is InChI=1S/C16H23N3O3S.ClH/c1-12-13(2)18(9-7-17-12)16(20)14-5-3-6-15(11-14)19-8-4-10-23(19,21)22;/h3,5-6,11-13,17H,4,7-10H2,1-2H3;1H. The van der Waals surface area contributed by atoms with Crippen molar-refractivity contribution < 1.29 is 13.2 Å². The number of anilines is 1. The van der Waals surface area contributed by atoms with E-state index >= 15 is 0 Å². The van der Waals surface area contributed by atoms with Crippen LogP contribution < -0.4 is 9.62 Å². The number of sulfonamides is 1. The van der Waals surface area contributed by atoms with Gasteiger partial charge >= 0.3 is 0 Å². The third-order valence-electron chi connectivity index (χ3n) is 4.78. The summed E-state index contributed by atoms with van der Waals surface area (Å²) in [6.45, 7) is 6.02. The predicted octanol–water partition coefficient (Wildman–Crippen LogP) is 1.47. The Morgan fingerprint density at radius 1 is 1.25 bits per heavy atom. The average Bonchev–Trinajstić information content (AvgIpc) is 2.89. The second-order valence-electron chi connectivity index (χ2n) is 6.27. The van der Waals surface area contributed by atoms with Gasteiger partial charge in [0.25, 0.3) is 5.91 Å². The second kappa shape index (κ2) is 7.29. The quantitative estimate of drug-likeness (QED) is 0.852. The highest BCUT2D eigenvalue weighted by Crippen LogP contribution is 2.25. The van der Waals surface area contributed by atoms with Crippen molar-refractivity contribution in [1.82, 2.24) is 10.2 Å². The molecule has 1 amide bonds. The van der Waals surface area contributed by atoms with Gasteiger partial charge in [0.05, 0.1) is 11.4 Å². The molecule has 2 fully saturated rings. The Labute approximate surface area is 149 Å². The van der Waals surface area contributed by atoms with Crippen molar-refractivity contribution in [3.05, 3.63) is 29.8 Å². The zero-order valence-corrected chi connectivity index (χ0v) is 15.6. The third-order valence-corrected chi connectivity index (χ3v) is 6.65. The van der Waals surface area contributed by atoms with E-state index in [0.29, 0.717) is 30.8 Å². The van der Waals surface area contributed by atoms with E-state index in [1.54, 1.807) is 24.3 Å². The van der Waals surface area contributed by atoms with Crippen molar-refractivity contribution in [2.45, 2.75) is 32.4 Å². The summed E-state index contributed by atoms with van der Waals surface area (Å²) in [5.41, 5.74) is 1.13. The van der Waals surface area contributed by atoms with Crippen LogP contribution in [0.4, 0.5) is 5.69 Å². The van der Waals surface area contributed by atoms with E-state index in [9.17, 15) is 13.2 Å². The second-order valence-corrected chi connectivity index (χ2v) is 8.29. The molecule has 0 aliphatic carbocycles. The number of hydrogen-bond acceptors (Lipinski definition) is 4. The summed E-state index contributed by atoms with van der Waals surface area (Å²) >= 11 is 0. The topological polar surface area (TPSA) is 69.7 Å². The van der Waals surface area contributed by atoms with Gasteiger partial charge in [-0.25, -0.2) is 8.42 Å². The molecule has 0 aromatic heterocycles. The predicted molar refractivity (Wildman–Crippen MR) is 97.4 cm³/mol. The first-order chi connectivity index (χ1) is 10.9. The highest BCUT2D eigenvalue weighted by atomic mass is 35.5. The molecule has 0 saturated carbocycles. The normalized spacial score (nSPS) is 26.1. The number of nitrogens with one attached hydrogen (secondary N) is 1. The molecule has 0 bridgehead atoms.